The second-order valence-corrected chi connectivity index (χ2v) is 14.8. The van der Waals surface area contributed by atoms with Crippen molar-refractivity contribution in [2.24, 2.45) is 5.92 Å². The third kappa shape index (κ3) is 7.67. The van der Waals surface area contributed by atoms with E-state index >= 15 is 0 Å². The highest BCUT2D eigenvalue weighted by molar-refractivity contribution is 7.89. The van der Waals surface area contributed by atoms with Gasteiger partial charge in [0.2, 0.25) is 15.8 Å². The predicted molar refractivity (Wildman–Crippen MR) is 152 cm³/mol. The van der Waals surface area contributed by atoms with Crippen molar-refractivity contribution in [1.29, 1.82) is 0 Å². The van der Waals surface area contributed by atoms with Crippen molar-refractivity contribution in [3.63, 3.8) is 0 Å². The van der Waals surface area contributed by atoms with Crippen LogP contribution < -0.4 is 10.0 Å². The van der Waals surface area contributed by atoms with Crippen LogP contribution in [-0.2, 0) is 26.6 Å². The Kier molecular flexibility index (Phi) is 8.88. The molecular weight excluding hydrogens is 514 g/mol. The molecule has 2 N–H and O–H groups in total. The molecule has 2 fully saturated rings. The van der Waals surface area contributed by atoms with Gasteiger partial charge in [-0.25, -0.2) is 22.8 Å². The van der Waals surface area contributed by atoms with Crippen molar-refractivity contribution in [1.82, 2.24) is 24.8 Å². The minimum atomic E-state index is -3.76. The molecule has 2 aromatic rings. The number of sulfonamides is 1. The fourth-order valence-electron chi connectivity index (χ4n) is 5.45. The third-order valence-electron chi connectivity index (χ3n) is 7.38. The average Bonchev–Trinajstić information content (AvgIpc) is 3.27. The molecule has 1 saturated carbocycles. The minimum Gasteiger partial charge on any atom is -0.381 e. The second kappa shape index (κ2) is 11.7. The number of nitrogens with one attached hydrogen (secondary N) is 2. The smallest absolute Gasteiger partial charge is 0.291 e. The Bertz CT molecular complexity index is 1260. The lowest BCUT2D eigenvalue weighted by molar-refractivity contribution is 0.0691. The molecule has 1 aromatic carbocycles. The molecular formula is C29H45N5O4S. The van der Waals surface area contributed by atoms with Gasteiger partial charge in [0, 0.05) is 31.2 Å². The SMILES string of the molecule is CC(C)(C)NS(=O)(=O)c1ccc(-n2nc(C(=O)NC3CCOCC3)nc2CC2CCCCC2)cc1C(C)(C)C. The summed E-state index contributed by atoms with van der Waals surface area (Å²) in [5.41, 5.74) is 0.325. The topological polar surface area (TPSA) is 115 Å². The monoisotopic (exact) mass is 559 g/mol. The van der Waals surface area contributed by atoms with Gasteiger partial charge in [0.1, 0.15) is 5.82 Å². The molecule has 0 unspecified atom stereocenters. The maximum absolute atomic E-state index is 13.4. The van der Waals surface area contributed by atoms with E-state index in [0.29, 0.717) is 30.4 Å². The lowest BCUT2D eigenvalue weighted by atomic mass is 9.86. The summed E-state index contributed by atoms with van der Waals surface area (Å²) in [6.07, 6.45) is 8.22. The summed E-state index contributed by atoms with van der Waals surface area (Å²) in [6, 6.07) is 5.35. The van der Waals surface area contributed by atoms with E-state index in [4.69, 9.17) is 9.72 Å². The van der Waals surface area contributed by atoms with Crippen LogP contribution in [-0.4, -0.2) is 53.9 Å². The van der Waals surface area contributed by atoms with Crippen LogP contribution in [0.15, 0.2) is 23.1 Å². The number of ether oxygens (including phenoxy) is 1. The highest BCUT2D eigenvalue weighted by Gasteiger charge is 2.30. The van der Waals surface area contributed by atoms with Crippen LogP contribution in [0.4, 0.5) is 0 Å². The first-order valence-corrected chi connectivity index (χ1v) is 15.7. The molecule has 1 aliphatic heterocycles. The van der Waals surface area contributed by atoms with E-state index in [1.54, 1.807) is 16.8 Å². The van der Waals surface area contributed by atoms with E-state index in [9.17, 15) is 13.2 Å². The molecule has 4 rings (SSSR count). The first kappa shape index (κ1) is 29.7. The van der Waals surface area contributed by atoms with Crippen LogP contribution in [0.25, 0.3) is 5.69 Å². The van der Waals surface area contributed by atoms with E-state index in [2.05, 4.69) is 15.1 Å². The Morgan fingerprint density at radius 1 is 1.03 bits per heavy atom. The van der Waals surface area contributed by atoms with Crippen molar-refractivity contribution in [3.05, 3.63) is 35.4 Å². The number of carbonyl (C=O) groups is 1. The van der Waals surface area contributed by atoms with Crippen LogP contribution in [0, 0.1) is 5.92 Å². The van der Waals surface area contributed by atoms with Crippen molar-refractivity contribution in [3.8, 4) is 5.69 Å². The second-order valence-electron chi connectivity index (χ2n) is 13.1. The van der Waals surface area contributed by atoms with E-state index < -0.39 is 21.0 Å². The zero-order valence-corrected chi connectivity index (χ0v) is 25.2. The van der Waals surface area contributed by atoms with Gasteiger partial charge in [0.15, 0.2) is 0 Å². The van der Waals surface area contributed by atoms with E-state index in [1.165, 1.54) is 19.3 Å². The van der Waals surface area contributed by atoms with E-state index in [-0.39, 0.29) is 22.7 Å². The molecule has 1 saturated heterocycles. The standard InChI is InChI=1S/C29H45N5O4S/c1-28(2,3)23-19-22(12-13-24(23)39(36,37)33-29(4,5)6)34-25(18-20-10-8-7-9-11-20)31-26(32-34)27(35)30-21-14-16-38-17-15-21/h12-13,19-21,33H,7-11,14-18H2,1-6H3,(H,30,35). The minimum absolute atomic E-state index is 0.0484. The van der Waals surface area contributed by atoms with Gasteiger partial charge in [-0.2, -0.15) is 0 Å². The maximum Gasteiger partial charge on any atom is 0.291 e. The summed E-state index contributed by atoms with van der Waals surface area (Å²) < 4.78 is 36.7. The fourth-order valence-corrected chi connectivity index (χ4v) is 7.27. The molecule has 39 heavy (non-hydrogen) atoms. The fraction of sp³-hybridized carbons (Fsp3) is 0.690. The zero-order valence-electron chi connectivity index (χ0n) is 24.3. The Morgan fingerprint density at radius 3 is 2.31 bits per heavy atom. The summed E-state index contributed by atoms with van der Waals surface area (Å²) >= 11 is 0. The van der Waals surface area contributed by atoms with Gasteiger partial charge in [-0.1, -0.05) is 52.9 Å². The molecule has 1 aliphatic carbocycles. The number of hydrogen-bond acceptors (Lipinski definition) is 6. The Labute approximate surface area is 233 Å². The van der Waals surface area contributed by atoms with Crippen LogP contribution in [0.5, 0.6) is 0 Å². The highest BCUT2D eigenvalue weighted by atomic mass is 32.2. The maximum atomic E-state index is 13.4. The molecule has 1 aromatic heterocycles. The van der Waals surface area contributed by atoms with Gasteiger partial charge in [0.05, 0.1) is 10.6 Å². The van der Waals surface area contributed by atoms with Gasteiger partial charge < -0.3 is 10.1 Å². The number of benzene rings is 1. The molecule has 0 bridgehead atoms. The number of rotatable bonds is 7. The molecule has 9 nitrogen and oxygen atoms in total. The molecule has 2 aliphatic rings. The largest absolute Gasteiger partial charge is 0.381 e. The first-order chi connectivity index (χ1) is 18.2. The third-order valence-corrected chi connectivity index (χ3v) is 9.19. The molecule has 216 valence electrons. The average molecular weight is 560 g/mol. The summed E-state index contributed by atoms with van der Waals surface area (Å²) in [4.78, 5) is 18.2. The number of carbonyl (C=O) groups excluding carboxylic acids is 1. The molecule has 0 atom stereocenters. The van der Waals surface area contributed by atoms with Gasteiger partial charge >= 0.3 is 0 Å². The van der Waals surface area contributed by atoms with E-state index in [1.807, 2.05) is 47.6 Å². The molecule has 10 heteroatoms. The summed E-state index contributed by atoms with van der Waals surface area (Å²) in [6.45, 7) is 12.8. The lowest BCUT2D eigenvalue weighted by Crippen LogP contribution is -2.41. The van der Waals surface area contributed by atoms with E-state index in [0.717, 1.165) is 37.9 Å². The van der Waals surface area contributed by atoms with Crippen molar-refractivity contribution < 1.29 is 17.9 Å². The summed E-state index contributed by atoms with van der Waals surface area (Å²) in [5.74, 6) is 1.10. The molecule has 1 amide bonds. The van der Waals surface area contributed by atoms with Crippen molar-refractivity contribution in [2.75, 3.05) is 13.2 Å². The first-order valence-electron chi connectivity index (χ1n) is 14.3. The van der Waals surface area contributed by atoms with Crippen LogP contribution in [0.2, 0.25) is 0 Å². The molecule has 0 radical (unpaired) electrons. The number of aromatic nitrogens is 3. The van der Waals surface area contributed by atoms with Gasteiger partial charge in [-0.3, -0.25) is 4.79 Å². The molecule has 0 spiro atoms. The van der Waals surface area contributed by atoms with Gasteiger partial charge in [-0.15, -0.1) is 5.10 Å². The van der Waals surface area contributed by atoms with Crippen molar-refractivity contribution >= 4 is 15.9 Å². The number of amides is 1. The Morgan fingerprint density at radius 2 is 1.69 bits per heavy atom. The summed E-state index contributed by atoms with van der Waals surface area (Å²) in [7, 11) is -3.76. The van der Waals surface area contributed by atoms with Crippen LogP contribution >= 0.6 is 0 Å². The summed E-state index contributed by atoms with van der Waals surface area (Å²) in [5, 5.41) is 7.76. The molecule has 2 heterocycles. The highest BCUT2D eigenvalue weighted by Crippen LogP contribution is 2.33. The quantitative estimate of drug-likeness (QED) is 0.509. The van der Waals surface area contributed by atoms with Crippen molar-refractivity contribution in [2.45, 2.75) is 115 Å². The Hall–Kier alpha value is -2.30. The number of hydrogen-bond donors (Lipinski definition) is 2. The number of nitrogens with zero attached hydrogens (tertiary/aromatic N) is 3. The van der Waals surface area contributed by atoms with Gasteiger partial charge in [-0.05, 0) is 68.7 Å². The van der Waals surface area contributed by atoms with Crippen LogP contribution in [0.3, 0.4) is 0 Å². The van der Waals surface area contributed by atoms with Gasteiger partial charge in [0.25, 0.3) is 5.91 Å². The lowest BCUT2D eigenvalue weighted by Gasteiger charge is -2.27. The normalized spacial score (nSPS) is 18.3. The van der Waals surface area contributed by atoms with Crippen LogP contribution in [0.1, 0.15) is 108 Å². The Balaban J connectivity index is 1.74. The predicted octanol–water partition coefficient (Wildman–Crippen LogP) is 4.67. The zero-order chi connectivity index (χ0) is 28.4.